The molecule has 1 rings (SSSR count). The number of amides is 1. The van der Waals surface area contributed by atoms with E-state index in [4.69, 9.17) is 0 Å². The standard InChI is InChI=1S/C15H27NO3/c1-12(2)8-4-5-9-13(17)16-11-7-6-10-15(16,3)14(18)19/h12H,4-11H2,1-3H3,(H,18,19). The predicted octanol–water partition coefficient (Wildman–Crippen LogP) is 3.06. The molecule has 4 heteroatoms. The first-order valence-electron chi connectivity index (χ1n) is 7.42. The molecule has 19 heavy (non-hydrogen) atoms. The Hall–Kier alpha value is -1.06. The Morgan fingerprint density at radius 1 is 1.26 bits per heavy atom. The molecule has 0 aromatic rings. The molecule has 110 valence electrons. The minimum Gasteiger partial charge on any atom is -0.480 e. The van der Waals surface area contributed by atoms with E-state index in [9.17, 15) is 14.7 Å². The third kappa shape index (κ3) is 4.22. The number of piperidine rings is 1. The fraction of sp³-hybridized carbons (Fsp3) is 0.867. The van der Waals surface area contributed by atoms with Gasteiger partial charge < -0.3 is 10.0 Å². The Balaban J connectivity index is 2.51. The van der Waals surface area contributed by atoms with Crippen LogP contribution in [-0.4, -0.2) is 34.0 Å². The number of nitrogens with zero attached hydrogens (tertiary/aromatic N) is 1. The molecule has 1 fully saturated rings. The average Bonchev–Trinajstić information content (AvgIpc) is 2.34. The van der Waals surface area contributed by atoms with Crippen LogP contribution in [0.1, 0.15) is 65.7 Å². The fourth-order valence-electron chi connectivity index (χ4n) is 2.71. The number of carbonyl (C=O) groups excluding carboxylic acids is 1. The van der Waals surface area contributed by atoms with Gasteiger partial charge in [-0.2, -0.15) is 0 Å². The zero-order chi connectivity index (χ0) is 14.5. The summed E-state index contributed by atoms with van der Waals surface area (Å²) in [6.45, 7) is 6.62. The van der Waals surface area contributed by atoms with E-state index in [0.29, 0.717) is 25.3 Å². The molecule has 1 N–H and O–H groups in total. The summed E-state index contributed by atoms with van der Waals surface area (Å²) >= 11 is 0. The second-order valence-corrected chi connectivity index (χ2v) is 6.22. The third-order valence-electron chi connectivity index (χ3n) is 4.07. The van der Waals surface area contributed by atoms with E-state index in [1.54, 1.807) is 11.8 Å². The number of rotatable bonds is 6. The molecule has 0 bridgehead atoms. The molecule has 1 aliphatic heterocycles. The lowest BCUT2D eigenvalue weighted by atomic mass is 9.88. The van der Waals surface area contributed by atoms with Gasteiger partial charge in [-0.3, -0.25) is 4.79 Å². The van der Waals surface area contributed by atoms with E-state index in [1.807, 2.05) is 0 Å². The van der Waals surface area contributed by atoms with Crippen molar-refractivity contribution in [2.75, 3.05) is 6.54 Å². The van der Waals surface area contributed by atoms with Crippen LogP contribution in [0.3, 0.4) is 0 Å². The lowest BCUT2D eigenvalue weighted by molar-refractivity contribution is -0.161. The molecule has 0 radical (unpaired) electrons. The lowest BCUT2D eigenvalue weighted by Crippen LogP contribution is -2.57. The summed E-state index contributed by atoms with van der Waals surface area (Å²) in [4.78, 5) is 25.2. The van der Waals surface area contributed by atoms with Crippen LogP contribution in [0.4, 0.5) is 0 Å². The van der Waals surface area contributed by atoms with Crippen molar-refractivity contribution in [2.24, 2.45) is 5.92 Å². The van der Waals surface area contributed by atoms with Crippen LogP contribution in [0.25, 0.3) is 0 Å². The van der Waals surface area contributed by atoms with Gasteiger partial charge in [-0.05, 0) is 38.5 Å². The zero-order valence-corrected chi connectivity index (χ0v) is 12.4. The van der Waals surface area contributed by atoms with Crippen LogP contribution >= 0.6 is 0 Å². The van der Waals surface area contributed by atoms with Crippen LogP contribution in [-0.2, 0) is 9.59 Å². The van der Waals surface area contributed by atoms with Crippen LogP contribution in [0.2, 0.25) is 0 Å². The molecule has 1 amide bonds. The van der Waals surface area contributed by atoms with Crippen molar-refractivity contribution in [1.29, 1.82) is 0 Å². The van der Waals surface area contributed by atoms with Crippen molar-refractivity contribution < 1.29 is 14.7 Å². The average molecular weight is 269 g/mol. The van der Waals surface area contributed by atoms with E-state index in [1.165, 1.54) is 0 Å². The Kier molecular flexibility index (Phi) is 5.83. The lowest BCUT2D eigenvalue weighted by Gasteiger charge is -2.41. The number of hydrogen-bond donors (Lipinski definition) is 1. The number of aliphatic carboxylic acids is 1. The molecule has 1 saturated heterocycles. The molecule has 0 aromatic heterocycles. The van der Waals surface area contributed by atoms with Gasteiger partial charge in [0.15, 0.2) is 0 Å². The molecular weight excluding hydrogens is 242 g/mol. The second-order valence-electron chi connectivity index (χ2n) is 6.22. The molecule has 0 spiro atoms. The van der Waals surface area contributed by atoms with Crippen molar-refractivity contribution in [3.8, 4) is 0 Å². The molecule has 0 aromatic carbocycles. The fourth-order valence-corrected chi connectivity index (χ4v) is 2.71. The van der Waals surface area contributed by atoms with Crippen molar-refractivity contribution in [2.45, 2.75) is 71.3 Å². The Bertz CT molecular complexity index is 327. The summed E-state index contributed by atoms with van der Waals surface area (Å²) in [5.41, 5.74) is -0.993. The van der Waals surface area contributed by atoms with E-state index in [-0.39, 0.29) is 5.91 Å². The molecule has 1 heterocycles. The maximum Gasteiger partial charge on any atom is 0.329 e. The summed E-state index contributed by atoms with van der Waals surface area (Å²) in [5, 5.41) is 9.37. The SMILES string of the molecule is CC(C)CCCCC(=O)N1CCCCC1(C)C(=O)O. The minimum absolute atomic E-state index is 0.00774. The topological polar surface area (TPSA) is 57.6 Å². The van der Waals surface area contributed by atoms with Crippen LogP contribution in [0, 0.1) is 5.92 Å². The quantitative estimate of drug-likeness (QED) is 0.754. The maximum atomic E-state index is 12.2. The van der Waals surface area contributed by atoms with Crippen molar-refractivity contribution in [3.63, 3.8) is 0 Å². The molecule has 1 atom stereocenters. The summed E-state index contributed by atoms with van der Waals surface area (Å²) < 4.78 is 0. The number of unbranched alkanes of at least 4 members (excludes halogenated alkanes) is 1. The highest BCUT2D eigenvalue weighted by atomic mass is 16.4. The van der Waals surface area contributed by atoms with E-state index < -0.39 is 11.5 Å². The monoisotopic (exact) mass is 269 g/mol. The van der Waals surface area contributed by atoms with Gasteiger partial charge in [-0.25, -0.2) is 4.79 Å². The van der Waals surface area contributed by atoms with Crippen molar-refractivity contribution in [1.82, 2.24) is 4.90 Å². The predicted molar refractivity (Wildman–Crippen MR) is 74.9 cm³/mol. The third-order valence-corrected chi connectivity index (χ3v) is 4.07. The molecular formula is C15H27NO3. The van der Waals surface area contributed by atoms with Gasteiger partial charge in [0.1, 0.15) is 5.54 Å². The highest BCUT2D eigenvalue weighted by molar-refractivity contribution is 5.87. The zero-order valence-electron chi connectivity index (χ0n) is 12.4. The van der Waals surface area contributed by atoms with Crippen LogP contribution in [0.15, 0.2) is 0 Å². The van der Waals surface area contributed by atoms with Crippen LogP contribution in [0.5, 0.6) is 0 Å². The highest BCUT2D eigenvalue weighted by Gasteiger charge is 2.43. The summed E-state index contributed by atoms with van der Waals surface area (Å²) in [5.74, 6) is -0.203. The number of carbonyl (C=O) groups is 2. The smallest absolute Gasteiger partial charge is 0.329 e. The van der Waals surface area contributed by atoms with E-state index >= 15 is 0 Å². The maximum absolute atomic E-state index is 12.2. The number of carboxylic acids is 1. The first-order chi connectivity index (χ1) is 8.88. The minimum atomic E-state index is -0.993. The van der Waals surface area contributed by atoms with Gasteiger partial charge in [0.05, 0.1) is 0 Å². The Labute approximate surface area is 116 Å². The largest absolute Gasteiger partial charge is 0.480 e. The molecule has 0 saturated carbocycles. The van der Waals surface area contributed by atoms with E-state index in [0.717, 1.165) is 32.1 Å². The summed E-state index contributed by atoms with van der Waals surface area (Å²) in [7, 11) is 0. The molecule has 4 nitrogen and oxygen atoms in total. The molecule has 1 aliphatic rings. The Morgan fingerprint density at radius 2 is 1.95 bits per heavy atom. The number of likely N-dealkylation sites (tertiary alicyclic amines) is 1. The number of carboxylic acid groups (broad SMARTS) is 1. The highest BCUT2D eigenvalue weighted by Crippen LogP contribution is 2.29. The first kappa shape index (κ1) is 16.0. The van der Waals surface area contributed by atoms with Gasteiger partial charge >= 0.3 is 5.97 Å². The normalized spacial score (nSPS) is 23.7. The van der Waals surface area contributed by atoms with Crippen molar-refractivity contribution in [3.05, 3.63) is 0 Å². The van der Waals surface area contributed by atoms with Gasteiger partial charge in [-0.1, -0.05) is 26.7 Å². The van der Waals surface area contributed by atoms with Crippen LogP contribution < -0.4 is 0 Å². The molecule has 0 aliphatic carbocycles. The number of hydrogen-bond acceptors (Lipinski definition) is 2. The summed E-state index contributed by atoms with van der Waals surface area (Å²) in [6, 6.07) is 0. The second kappa shape index (κ2) is 6.92. The Morgan fingerprint density at radius 3 is 2.53 bits per heavy atom. The first-order valence-corrected chi connectivity index (χ1v) is 7.42. The van der Waals surface area contributed by atoms with Gasteiger partial charge in [-0.15, -0.1) is 0 Å². The van der Waals surface area contributed by atoms with Crippen molar-refractivity contribution >= 4 is 11.9 Å². The molecule has 1 unspecified atom stereocenters. The van der Waals surface area contributed by atoms with Gasteiger partial charge in [0.25, 0.3) is 0 Å². The van der Waals surface area contributed by atoms with E-state index in [2.05, 4.69) is 13.8 Å². The van der Waals surface area contributed by atoms with Gasteiger partial charge in [0, 0.05) is 13.0 Å². The summed E-state index contributed by atoms with van der Waals surface area (Å²) in [6.07, 6.45) is 5.89. The van der Waals surface area contributed by atoms with Gasteiger partial charge in [0.2, 0.25) is 5.91 Å².